The highest BCUT2D eigenvalue weighted by atomic mass is 15.0. The number of aromatic nitrogens is 2. The molecule has 2 nitrogen and oxygen atoms in total. The van der Waals surface area contributed by atoms with Crippen LogP contribution in [0.4, 0.5) is 0 Å². The first-order chi connectivity index (χ1) is 16.7. The van der Waals surface area contributed by atoms with Gasteiger partial charge in [-0.3, -0.25) is 0 Å². The first-order valence-corrected chi connectivity index (χ1v) is 12.6. The molecule has 1 saturated carbocycles. The number of aryl methyl sites for hydroxylation is 2. The molecular weight excluding hydrogens is 412 g/mol. The summed E-state index contributed by atoms with van der Waals surface area (Å²) in [5.74, 6) is 0.672. The summed E-state index contributed by atoms with van der Waals surface area (Å²) < 4.78 is 4.93. The van der Waals surface area contributed by atoms with Crippen LogP contribution in [0.25, 0.3) is 59.8 Å². The molecule has 0 spiro atoms. The van der Waals surface area contributed by atoms with E-state index in [0.29, 0.717) is 5.92 Å². The first kappa shape index (κ1) is 18.7. The maximum absolute atomic E-state index is 2.56. The zero-order valence-corrected chi connectivity index (χ0v) is 19.7. The highest BCUT2D eigenvalue weighted by Gasteiger charge is 2.28. The van der Waals surface area contributed by atoms with Crippen LogP contribution in [0, 0.1) is 6.92 Å². The maximum atomic E-state index is 2.56. The lowest BCUT2D eigenvalue weighted by molar-refractivity contribution is -0.643. The lowest BCUT2D eigenvalue weighted by Gasteiger charge is -2.18. The SMILES string of the molecule is Cc1c2ccccc2cc2c1c1c3c(cc[n+]1C)c(C1CCCC1)cc1c4ccccc4n2c13. The van der Waals surface area contributed by atoms with Gasteiger partial charge in [0.1, 0.15) is 7.05 Å². The van der Waals surface area contributed by atoms with Gasteiger partial charge in [-0.2, -0.15) is 0 Å². The van der Waals surface area contributed by atoms with Crippen molar-refractivity contribution in [2.45, 2.75) is 38.5 Å². The number of fused-ring (bicyclic) bond motifs is 7. The molecule has 0 N–H and O–H groups in total. The molecule has 1 aliphatic carbocycles. The molecule has 0 aliphatic heterocycles. The summed E-state index contributed by atoms with van der Waals surface area (Å²) in [6.45, 7) is 2.31. The van der Waals surface area contributed by atoms with Crippen LogP contribution in [0.3, 0.4) is 0 Å². The van der Waals surface area contributed by atoms with Gasteiger partial charge in [0.25, 0.3) is 0 Å². The van der Waals surface area contributed by atoms with Crippen molar-refractivity contribution in [2.24, 2.45) is 7.05 Å². The fourth-order valence-corrected chi connectivity index (χ4v) is 7.13. The molecule has 164 valence electrons. The average Bonchev–Trinajstić information content (AvgIpc) is 3.51. The molecule has 0 atom stereocenters. The Hall–Kier alpha value is -3.65. The summed E-state index contributed by atoms with van der Waals surface area (Å²) in [7, 11) is 2.22. The molecule has 8 rings (SSSR count). The van der Waals surface area contributed by atoms with Gasteiger partial charge in [-0.1, -0.05) is 55.3 Å². The van der Waals surface area contributed by atoms with Crippen molar-refractivity contribution in [3.05, 3.63) is 84.1 Å². The maximum Gasteiger partial charge on any atom is 0.224 e. The monoisotopic (exact) mass is 439 g/mol. The van der Waals surface area contributed by atoms with Crippen molar-refractivity contribution in [3.63, 3.8) is 0 Å². The molecule has 2 heteroatoms. The number of nitrogens with zero attached hydrogens (tertiary/aromatic N) is 2. The Balaban J connectivity index is 1.76. The smallest absolute Gasteiger partial charge is 0.224 e. The van der Waals surface area contributed by atoms with E-state index in [1.165, 1.54) is 91.0 Å². The van der Waals surface area contributed by atoms with Crippen molar-refractivity contribution in [2.75, 3.05) is 0 Å². The third-order valence-electron chi connectivity index (χ3n) is 8.65. The summed E-state index contributed by atoms with van der Waals surface area (Å²) in [6, 6.07) is 25.2. The van der Waals surface area contributed by atoms with Crippen molar-refractivity contribution in [3.8, 4) is 0 Å². The van der Waals surface area contributed by atoms with E-state index < -0.39 is 0 Å². The van der Waals surface area contributed by atoms with Gasteiger partial charge in [-0.15, -0.1) is 0 Å². The molecule has 0 radical (unpaired) electrons. The van der Waals surface area contributed by atoms with E-state index in [4.69, 9.17) is 0 Å². The van der Waals surface area contributed by atoms with Gasteiger partial charge in [0.2, 0.25) is 5.52 Å². The van der Waals surface area contributed by atoms with Gasteiger partial charge in [0, 0.05) is 16.8 Å². The van der Waals surface area contributed by atoms with Crippen molar-refractivity contribution in [1.29, 1.82) is 0 Å². The zero-order chi connectivity index (χ0) is 22.6. The fourth-order valence-electron chi connectivity index (χ4n) is 7.13. The second kappa shape index (κ2) is 6.48. The molecule has 34 heavy (non-hydrogen) atoms. The van der Waals surface area contributed by atoms with Crippen molar-refractivity contribution in [1.82, 2.24) is 4.40 Å². The second-order valence-corrected chi connectivity index (χ2v) is 10.4. The summed E-state index contributed by atoms with van der Waals surface area (Å²) in [5, 5.41) is 9.71. The third-order valence-corrected chi connectivity index (χ3v) is 8.65. The number of rotatable bonds is 1. The molecule has 3 heterocycles. The van der Waals surface area contributed by atoms with E-state index in [-0.39, 0.29) is 0 Å². The minimum atomic E-state index is 0.672. The van der Waals surface area contributed by atoms with Crippen LogP contribution >= 0.6 is 0 Å². The van der Waals surface area contributed by atoms with Crippen LogP contribution in [0.2, 0.25) is 0 Å². The molecule has 0 saturated heterocycles. The van der Waals surface area contributed by atoms with E-state index in [2.05, 4.69) is 95.9 Å². The van der Waals surface area contributed by atoms with Crippen LogP contribution < -0.4 is 4.57 Å². The standard InChI is InChI=1S/C32H27N2/c1-19-22-12-6-5-11-21(22)17-28-29(19)32-30-24(15-16-33(32)2)25(20-9-3-4-10-20)18-26-23-13-7-8-14-27(23)34(28)31(26)30/h5-8,11-18,20H,3-4,9-10H2,1-2H3/q+1. The molecular formula is C32H27N2+. The number of hydrogen-bond acceptors (Lipinski definition) is 0. The minimum Gasteiger partial charge on any atom is -0.307 e. The molecule has 4 aromatic carbocycles. The van der Waals surface area contributed by atoms with Gasteiger partial charge >= 0.3 is 0 Å². The number of para-hydroxylation sites is 1. The summed E-state index contributed by atoms with van der Waals surface area (Å²) in [4.78, 5) is 0. The Kier molecular flexibility index (Phi) is 3.57. The summed E-state index contributed by atoms with van der Waals surface area (Å²) in [5.41, 5.74) is 8.31. The summed E-state index contributed by atoms with van der Waals surface area (Å²) >= 11 is 0. The Morgan fingerprint density at radius 3 is 2.38 bits per heavy atom. The van der Waals surface area contributed by atoms with Crippen LogP contribution in [0.1, 0.15) is 42.7 Å². The minimum absolute atomic E-state index is 0.672. The zero-order valence-electron chi connectivity index (χ0n) is 19.7. The molecule has 3 aromatic heterocycles. The van der Waals surface area contributed by atoms with Crippen LogP contribution in [0.5, 0.6) is 0 Å². The normalized spacial score (nSPS) is 15.4. The van der Waals surface area contributed by atoms with E-state index in [0.717, 1.165) is 0 Å². The Morgan fingerprint density at radius 2 is 1.53 bits per heavy atom. The van der Waals surface area contributed by atoms with Gasteiger partial charge in [0.15, 0.2) is 6.20 Å². The highest BCUT2D eigenvalue weighted by Crippen LogP contribution is 2.46. The molecule has 0 bridgehead atoms. The molecule has 1 fully saturated rings. The lowest BCUT2D eigenvalue weighted by Crippen LogP contribution is -2.29. The van der Waals surface area contributed by atoms with Gasteiger partial charge in [-0.05, 0) is 71.2 Å². The quantitative estimate of drug-likeness (QED) is 0.139. The Labute approximate surface area is 198 Å². The van der Waals surface area contributed by atoms with Crippen molar-refractivity contribution < 1.29 is 4.57 Å². The average molecular weight is 440 g/mol. The first-order valence-electron chi connectivity index (χ1n) is 12.6. The number of benzene rings is 4. The molecule has 0 unspecified atom stereocenters. The Morgan fingerprint density at radius 1 is 0.765 bits per heavy atom. The topological polar surface area (TPSA) is 8.29 Å². The second-order valence-electron chi connectivity index (χ2n) is 10.4. The fraction of sp³-hybridized carbons (Fsp3) is 0.219. The Bertz CT molecular complexity index is 1930. The third kappa shape index (κ3) is 2.19. The molecule has 0 amide bonds. The molecule has 7 aromatic rings. The van der Waals surface area contributed by atoms with Crippen LogP contribution in [0.15, 0.2) is 72.9 Å². The number of hydrogen-bond donors (Lipinski definition) is 0. The van der Waals surface area contributed by atoms with Gasteiger partial charge in [-0.25, -0.2) is 4.57 Å². The van der Waals surface area contributed by atoms with E-state index in [1.54, 1.807) is 5.56 Å². The predicted molar refractivity (Wildman–Crippen MR) is 143 cm³/mol. The van der Waals surface area contributed by atoms with E-state index >= 15 is 0 Å². The molecule has 1 aliphatic rings. The summed E-state index contributed by atoms with van der Waals surface area (Å²) in [6.07, 6.45) is 7.63. The largest absolute Gasteiger partial charge is 0.307 e. The number of pyridine rings is 2. The predicted octanol–water partition coefficient (Wildman–Crippen LogP) is 7.93. The van der Waals surface area contributed by atoms with Gasteiger partial charge in [0.05, 0.1) is 27.3 Å². The van der Waals surface area contributed by atoms with E-state index in [1.807, 2.05) is 0 Å². The van der Waals surface area contributed by atoms with Gasteiger partial charge < -0.3 is 4.40 Å². The van der Waals surface area contributed by atoms with E-state index in [9.17, 15) is 0 Å². The van der Waals surface area contributed by atoms with Crippen molar-refractivity contribution >= 4 is 59.8 Å². The lowest BCUT2D eigenvalue weighted by atomic mass is 9.88. The van der Waals surface area contributed by atoms with Crippen LogP contribution in [-0.4, -0.2) is 4.40 Å². The highest BCUT2D eigenvalue weighted by molar-refractivity contribution is 6.29. The van der Waals surface area contributed by atoms with Crippen LogP contribution in [-0.2, 0) is 7.05 Å².